The Balaban J connectivity index is 2.11. The van der Waals surface area contributed by atoms with Gasteiger partial charge in [-0.2, -0.15) is 0 Å². The van der Waals surface area contributed by atoms with Crippen LogP contribution in [-0.2, 0) is 6.54 Å². The van der Waals surface area contributed by atoms with Crippen LogP contribution >= 0.6 is 15.9 Å². The number of hydrogen-bond acceptors (Lipinski definition) is 3. The first-order valence-corrected chi connectivity index (χ1v) is 6.80. The van der Waals surface area contributed by atoms with Crippen LogP contribution in [0, 0.1) is 0 Å². The van der Waals surface area contributed by atoms with E-state index in [4.69, 9.17) is 0 Å². The van der Waals surface area contributed by atoms with Crippen LogP contribution in [-0.4, -0.2) is 35.2 Å². The van der Waals surface area contributed by atoms with E-state index in [0.29, 0.717) is 17.8 Å². The van der Waals surface area contributed by atoms with Gasteiger partial charge in [-0.25, -0.2) is 0 Å². The van der Waals surface area contributed by atoms with Crippen molar-refractivity contribution in [2.75, 3.05) is 13.1 Å². The van der Waals surface area contributed by atoms with Crippen molar-refractivity contribution in [2.45, 2.75) is 32.5 Å². The largest absolute Gasteiger partial charge is 0.508 e. The molecule has 2 N–H and O–H groups in total. The molecule has 2 unspecified atom stereocenters. The molecule has 94 valence electrons. The number of nitrogens with zero attached hydrogens (tertiary/aromatic N) is 1. The van der Waals surface area contributed by atoms with Crippen molar-refractivity contribution in [2.24, 2.45) is 0 Å². The quantitative estimate of drug-likeness (QED) is 0.880. The minimum absolute atomic E-state index is 0.332. The molecule has 1 saturated heterocycles. The van der Waals surface area contributed by atoms with Gasteiger partial charge in [-0.05, 0) is 37.6 Å². The molecule has 4 heteroatoms. The molecule has 0 saturated carbocycles. The highest BCUT2D eigenvalue weighted by Crippen LogP contribution is 2.24. The van der Waals surface area contributed by atoms with Gasteiger partial charge in [-0.1, -0.05) is 15.9 Å². The van der Waals surface area contributed by atoms with Crippen molar-refractivity contribution in [1.82, 2.24) is 10.2 Å². The maximum Gasteiger partial charge on any atom is 0.115 e. The maximum atomic E-state index is 9.53. The molecular weight excluding hydrogens is 280 g/mol. The zero-order valence-electron chi connectivity index (χ0n) is 10.3. The number of halogens is 1. The van der Waals surface area contributed by atoms with Gasteiger partial charge in [0, 0.05) is 36.2 Å². The van der Waals surface area contributed by atoms with Crippen molar-refractivity contribution in [3.8, 4) is 5.75 Å². The Morgan fingerprint density at radius 3 is 3.00 bits per heavy atom. The van der Waals surface area contributed by atoms with Gasteiger partial charge in [0.25, 0.3) is 0 Å². The zero-order valence-corrected chi connectivity index (χ0v) is 11.9. The Morgan fingerprint density at radius 2 is 2.24 bits per heavy atom. The molecule has 1 heterocycles. The fourth-order valence-corrected chi connectivity index (χ4v) is 2.59. The fraction of sp³-hybridized carbons (Fsp3) is 0.538. The molecule has 1 aromatic rings. The van der Waals surface area contributed by atoms with Crippen LogP contribution in [0.15, 0.2) is 22.7 Å². The molecule has 17 heavy (non-hydrogen) atoms. The van der Waals surface area contributed by atoms with Crippen LogP contribution in [0.5, 0.6) is 5.75 Å². The average molecular weight is 299 g/mol. The highest BCUT2D eigenvalue weighted by atomic mass is 79.9. The standard InChI is InChI=1S/C13H19BrN2O/c1-9-7-16(10(2)6-15-9)8-11-5-12(17)3-4-13(11)14/h3-5,9-10,15,17H,6-8H2,1-2H3. The zero-order chi connectivity index (χ0) is 12.4. The maximum absolute atomic E-state index is 9.53. The Bertz CT molecular complexity index is 397. The van der Waals surface area contributed by atoms with Gasteiger partial charge >= 0.3 is 0 Å². The third kappa shape index (κ3) is 3.21. The lowest BCUT2D eigenvalue weighted by molar-refractivity contribution is 0.138. The summed E-state index contributed by atoms with van der Waals surface area (Å²) in [6, 6.07) is 6.50. The number of benzene rings is 1. The molecule has 0 aromatic heterocycles. The smallest absolute Gasteiger partial charge is 0.115 e. The summed E-state index contributed by atoms with van der Waals surface area (Å²) in [7, 11) is 0. The Morgan fingerprint density at radius 1 is 1.47 bits per heavy atom. The molecule has 3 nitrogen and oxygen atoms in total. The number of phenolic OH excluding ortho intramolecular Hbond substituents is 1. The monoisotopic (exact) mass is 298 g/mol. The second kappa shape index (κ2) is 5.38. The summed E-state index contributed by atoms with van der Waals surface area (Å²) in [5.41, 5.74) is 1.14. The molecule has 0 aliphatic carbocycles. The van der Waals surface area contributed by atoms with Crippen molar-refractivity contribution < 1.29 is 5.11 Å². The Labute approximate surface area is 111 Å². The van der Waals surface area contributed by atoms with E-state index in [1.54, 1.807) is 6.07 Å². The van der Waals surface area contributed by atoms with Crippen LogP contribution < -0.4 is 5.32 Å². The lowest BCUT2D eigenvalue weighted by Gasteiger charge is -2.37. The minimum atomic E-state index is 0.332. The van der Waals surface area contributed by atoms with Gasteiger partial charge in [0.15, 0.2) is 0 Å². The van der Waals surface area contributed by atoms with Crippen molar-refractivity contribution in [1.29, 1.82) is 0 Å². The van der Waals surface area contributed by atoms with Gasteiger partial charge in [0.05, 0.1) is 0 Å². The van der Waals surface area contributed by atoms with Gasteiger partial charge < -0.3 is 10.4 Å². The molecule has 1 aliphatic heterocycles. The van der Waals surface area contributed by atoms with Crippen molar-refractivity contribution >= 4 is 15.9 Å². The summed E-state index contributed by atoms with van der Waals surface area (Å²) < 4.78 is 1.06. The molecule has 2 atom stereocenters. The number of phenols is 1. The summed E-state index contributed by atoms with van der Waals surface area (Å²) >= 11 is 3.54. The van der Waals surface area contributed by atoms with Crippen LogP contribution in [0.1, 0.15) is 19.4 Å². The van der Waals surface area contributed by atoms with E-state index in [2.05, 4.69) is 40.0 Å². The van der Waals surface area contributed by atoms with Crippen molar-refractivity contribution in [3.05, 3.63) is 28.2 Å². The molecule has 1 aliphatic rings. The topological polar surface area (TPSA) is 35.5 Å². The van der Waals surface area contributed by atoms with E-state index in [0.717, 1.165) is 29.7 Å². The summed E-state index contributed by atoms with van der Waals surface area (Å²) in [6.45, 7) is 7.38. The first-order chi connectivity index (χ1) is 8.06. The van der Waals surface area contributed by atoms with E-state index in [9.17, 15) is 5.11 Å². The molecule has 1 aromatic carbocycles. The second-order valence-electron chi connectivity index (χ2n) is 4.86. The summed E-state index contributed by atoms with van der Waals surface area (Å²) in [5.74, 6) is 0.332. The molecule has 0 spiro atoms. The third-order valence-corrected chi connectivity index (χ3v) is 4.07. The predicted molar refractivity (Wildman–Crippen MR) is 73.1 cm³/mol. The molecule has 0 amide bonds. The number of hydrogen-bond donors (Lipinski definition) is 2. The summed E-state index contributed by atoms with van der Waals surface area (Å²) in [6.07, 6.45) is 0. The molecule has 0 radical (unpaired) electrons. The van der Waals surface area contributed by atoms with Crippen molar-refractivity contribution in [3.63, 3.8) is 0 Å². The number of aromatic hydroxyl groups is 1. The lowest BCUT2D eigenvalue weighted by Crippen LogP contribution is -2.53. The number of rotatable bonds is 2. The first kappa shape index (κ1) is 12.9. The molecule has 1 fully saturated rings. The SMILES string of the molecule is CC1CN(Cc2cc(O)ccc2Br)C(C)CN1. The van der Waals surface area contributed by atoms with Gasteiger partial charge in [0.1, 0.15) is 5.75 Å². The first-order valence-electron chi connectivity index (χ1n) is 6.01. The van der Waals surface area contributed by atoms with Crippen LogP contribution in [0.2, 0.25) is 0 Å². The van der Waals surface area contributed by atoms with Gasteiger partial charge in [-0.3, -0.25) is 4.90 Å². The average Bonchev–Trinajstić information content (AvgIpc) is 2.28. The van der Waals surface area contributed by atoms with E-state index in [-0.39, 0.29) is 0 Å². The minimum Gasteiger partial charge on any atom is -0.508 e. The number of nitrogens with one attached hydrogen (secondary N) is 1. The van der Waals surface area contributed by atoms with E-state index in [1.807, 2.05) is 12.1 Å². The van der Waals surface area contributed by atoms with Crippen LogP contribution in [0.4, 0.5) is 0 Å². The Kier molecular flexibility index (Phi) is 4.07. The van der Waals surface area contributed by atoms with Crippen LogP contribution in [0.25, 0.3) is 0 Å². The van der Waals surface area contributed by atoms with Gasteiger partial charge in [0.2, 0.25) is 0 Å². The normalized spacial score (nSPS) is 26.1. The summed E-state index contributed by atoms with van der Waals surface area (Å²) in [4.78, 5) is 2.45. The van der Waals surface area contributed by atoms with E-state index < -0.39 is 0 Å². The summed E-state index contributed by atoms with van der Waals surface area (Å²) in [5, 5.41) is 13.0. The number of piperazine rings is 1. The fourth-order valence-electron chi connectivity index (χ4n) is 2.22. The molecular formula is C13H19BrN2O. The highest BCUT2D eigenvalue weighted by Gasteiger charge is 2.22. The van der Waals surface area contributed by atoms with E-state index >= 15 is 0 Å². The van der Waals surface area contributed by atoms with Gasteiger partial charge in [-0.15, -0.1) is 0 Å². The van der Waals surface area contributed by atoms with E-state index in [1.165, 1.54) is 0 Å². The molecule has 2 rings (SSSR count). The Hall–Kier alpha value is -0.580. The van der Waals surface area contributed by atoms with Crippen LogP contribution in [0.3, 0.4) is 0 Å². The lowest BCUT2D eigenvalue weighted by atomic mass is 10.1. The predicted octanol–water partition coefficient (Wildman–Crippen LogP) is 2.34. The third-order valence-electron chi connectivity index (χ3n) is 3.30. The molecule has 0 bridgehead atoms. The highest BCUT2D eigenvalue weighted by molar-refractivity contribution is 9.10. The second-order valence-corrected chi connectivity index (χ2v) is 5.72.